The van der Waals surface area contributed by atoms with E-state index in [4.69, 9.17) is 0 Å². The monoisotopic (exact) mass is 364 g/mol. The van der Waals surface area contributed by atoms with Gasteiger partial charge in [-0.25, -0.2) is 0 Å². The van der Waals surface area contributed by atoms with Crippen molar-refractivity contribution in [2.75, 3.05) is 0 Å². The van der Waals surface area contributed by atoms with E-state index in [1.807, 2.05) is 34.9 Å². The van der Waals surface area contributed by atoms with Crippen LogP contribution in [-0.4, -0.2) is 19.5 Å². The summed E-state index contributed by atoms with van der Waals surface area (Å²) >= 11 is 4.67. The Morgan fingerprint density at radius 2 is 2.14 bits per heavy atom. The first kappa shape index (κ1) is 14.0. The van der Waals surface area contributed by atoms with Crippen LogP contribution >= 0.6 is 27.7 Å². The van der Waals surface area contributed by atoms with Crippen LogP contribution in [0.4, 0.5) is 5.69 Å². The maximum absolute atomic E-state index is 10.9. The van der Waals surface area contributed by atoms with Crippen LogP contribution in [0, 0.1) is 10.1 Å². The highest BCUT2D eigenvalue weighted by molar-refractivity contribution is 9.10. The fourth-order valence-electron chi connectivity index (χ4n) is 1.85. The fraction of sp³-hybridized carbons (Fsp3) is 0.0769. The Labute approximate surface area is 132 Å². The van der Waals surface area contributed by atoms with E-state index in [1.165, 1.54) is 11.8 Å². The molecule has 106 valence electrons. The number of halogens is 1. The first-order valence-corrected chi connectivity index (χ1v) is 7.78. The molecule has 0 N–H and O–H groups in total. The Kier molecular flexibility index (Phi) is 3.89. The molecule has 2 heterocycles. The van der Waals surface area contributed by atoms with E-state index in [9.17, 15) is 10.1 Å². The van der Waals surface area contributed by atoms with E-state index in [1.54, 1.807) is 12.1 Å². The van der Waals surface area contributed by atoms with E-state index >= 15 is 0 Å². The van der Waals surface area contributed by atoms with E-state index in [2.05, 4.69) is 26.1 Å². The Morgan fingerprint density at radius 3 is 2.95 bits per heavy atom. The van der Waals surface area contributed by atoms with Crippen LogP contribution in [0.2, 0.25) is 0 Å². The molecule has 0 bridgehead atoms. The molecule has 0 atom stereocenters. The lowest BCUT2D eigenvalue weighted by molar-refractivity contribution is -0.385. The lowest BCUT2D eigenvalue weighted by Gasteiger charge is -2.02. The van der Waals surface area contributed by atoms with Gasteiger partial charge in [-0.3, -0.25) is 14.5 Å². The van der Waals surface area contributed by atoms with Gasteiger partial charge in [-0.2, -0.15) is 0 Å². The van der Waals surface area contributed by atoms with Crippen molar-refractivity contribution < 1.29 is 4.92 Å². The van der Waals surface area contributed by atoms with Crippen molar-refractivity contribution >= 4 is 39.0 Å². The number of hydrogen-bond donors (Lipinski definition) is 0. The summed E-state index contributed by atoms with van der Waals surface area (Å²) in [7, 11) is 0. The number of fused-ring (bicyclic) bond motifs is 1. The lowest BCUT2D eigenvalue weighted by Crippen LogP contribution is -1.92. The minimum Gasteiger partial charge on any atom is -0.277 e. The van der Waals surface area contributed by atoms with E-state index in [0.29, 0.717) is 10.2 Å². The second kappa shape index (κ2) is 5.82. The van der Waals surface area contributed by atoms with Gasteiger partial charge in [0.1, 0.15) is 0 Å². The van der Waals surface area contributed by atoms with Gasteiger partial charge in [0.25, 0.3) is 5.69 Å². The fourth-order valence-corrected chi connectivity index (χ4v) is 3.11. The van der Waals surface area contributed by atoms with Crippen molar-refractivity contribution in [1.82, 2.24) is 14.6 Å². The summed E-state index contributed by atoms with van der Waals surface area (Å²) in [5.41, 5.74) is 1.71. The quantitative estimate of drug-likeness (QED) is 0.401. The smallest absolute Gasteiger partial charge is 0.277 e. The maximum atomic E-state index is 10.9. The molecule has 0 saturated heterocycles. The Morgan fingerprint density at radius 1 is 1.29 bits per heavy atom. The average molecular weight is 365 g/mol. The van der Waals surface area contributed by atoms with Crippen LogP contribution in [0.15, 0.2) is 52.2 Å². The number of benzene rings is 1. The molecule has 2 aromatic heterocycles. The normalized spacial score (nSPS) is 10.9. The van der Waals surface area contributed by atoms with E-state index in [0.717, 1.165) is 16.4 Å². The molecule has 21 heavy (non-hydrogen) atoms. The topological polar surface area (TPSA) is 73.3 Å². The molecular formula is C13H9BrN4O2S. The average Bonchev–Trinajstić information content (AvgIpc) is 2.89. The molecule has 0 saturated carbocycles. The summed E-state index contributed by atoms with van der Waals surface area (Å²) in [4.78, 5) is 10.5. The standard InChI is InChI=1S/C13H9BrN4O2S/c14-10-5-4-9(7-11(10)18(19)20)8-21-13-16-15-12-3-1-2-6-17(12)13/h1-7H,8H2. The second-order valence-electron chi connectivity index (χ2n) is 4.24. The van der Waals surface area contributed by atoms with E-state index < -0.39 is 4.92 Å². The zero-order valence-electron chi connectivity index (χ0n) is 10.6. The largest absolute Gasteiger partial charge is 0.283 e. The number of nitro groups is 1. The third kappa shape index (κ3) is 2.91. The van der Waals surface area contributed by atoms with Gasteiger partial charge in [0.15, 0.2) is 10.8 Å². The molecule has 0 aliphatic heterocycles. The van der Waals surface area contributed by atoms with Gasteiger partial charge in [-0.15, -0.1) is 10.2 Å². The minimum absolute atomic E-state index is 0.0687. The molecule has 6 nitrogen and oxygen atoms in total. The predicted molar refractivity (Wildman–Crippen MR) is 83.3 cm³/mol. The van der Waals surface area contributed by atoms with Gasteiger partial charge in [0.2, 0.25) is 0 Å². The summed E-state index contributed by atoms with van der Waals surface area (Å²) in [6.07, 6.45) is 1.89. The van der Waals surface area contributed by atoms with Crippen molar-refractivity contribution in [3.05, 3.63) is 62.7 Å². The van der Waals surface area contributed by atoms with Crippen LogP contribution in [0.5, 0.6) is 0 Å². The SMILES string of the molecule is O=[N+]([O-])c1cc(CSc2nnc3ccccn23)ccc1Br. The number of nitro benzene ring substituents is 1. The van der Waals surface area contributed by atoms with Crippen LogP contribution in [0.1, 0.15) is 5.56 Å². The van der Waals surface area contributed by atoms with Crippen molar-refractivity contribution in [2.45, 2.75) is 10.9 Å². The molecule has 3 aromatic rings. The highest BCUT2D eigenvalue weighted by atomic mass is 79.9. The zero-order chi connectivity index (χ0) is 14.8. The molecular weight excluding hydrogens is 356 g/mol. The summed E-state index contributed by atoms with van der Waals surface area (Å²) < 4.78 is 2.37. The zero-order valence-corrected chi connectivity index (χ0v) is 13.0. The van der Waals surface area contributed by atoms with Crippen LogP contribution in [0.25, 0.3) is 5.65 Å². The van der Waals surface area contributed by atoms with Crippen LogP contribution < -0.4 is 0 Å². The first-order valence-electron chi connectivity index (χ1n) is 6.00. The lowest BCUT2D eigenvalue weighted by atomic mass is 10.2. The number of pyridine rings is 1. The van der Waals surface area contributed by atoms with Gasteiger partial charge in [-0.1, -0.05) is 23.9 Å². The first-order chi connectivity index (χ1) is 10.1. The Balaban J connectivity index is 1.82. The summed E-state index contributed by atoms with van der Waals surface area (Å²) in [5.74, 6) is 0.587. The van der Waals surface area contributed by atoms with Crippen LogP contribution in [-0.2, 0) is 5.75 Å². The van der Waals surface area contributed by atoms with Crippen LogP contribution in [0.3, 0.4) is 0 Å². The molecule has 0 spiro atoms. The third-order valence-electron chi connectivity index (χ3n) is 2.86. The minimum atomic E-state index is -0.398. The highest BCUT2D eigenvalue weighted by Gasteiger charge is 2.13. The Bertz CT molecular complexity index is 821. The number of thioether (sulfide) groups is 1. The Hall–Kier alpha value is -1.93. The molecule has 3 rings (SSSR count). The maximum Gasteiger partial charge on any atom is 0.283 e. The van der Waals surface area contributed by atoms with Gasteiger partial charge in [-0.05, 0) is 39.7 Å². The predicted octanol–water partition coefficient (Wildman–Crippen LogP) is 3.69. The molecule has 0 amide bonds. The number of rotatable bonds is 4. The summed E-state index contributed by atoms with van der Waals surface area (Å²) in [6, 6.07) is 10.8. The third-order valence-corrected chi connectivity index (χ3v) is 4.54. The van der Waals surface area contributed by atoms with Crippen molar-refractivity contribution in [3.8, 4) is 0 Å². The van der Waals surface area contributed by atoms with Crippen molar-refractivity contribution in [1.29, 1.82) is 0 Å². The number of aromatic nitrogens is 3. The molecule has 1 aromatic carbocycles. The molecule has 0 unspecified atom stereocenters. The molecule has 8 heteroatoms. The van der Waals surface area contributed by atoms with Gasteiger partial charge in [0, 0.05) is 18.0 Å². The van der Waals surface area contributed by atoms with Gasteiger partial charge < -0.3 is 0 Å². The second-order valence-corrected chi connectivity index (χ2v) is 6.04. The number of nitrogens with zero attached hydrogens (tertiary/aromatic N) is 4. The summed E-state index contributed by atoms with van der Waals surface area (Å²) in [5, 5.41) is 19.9. The molecule has 0 fully saturated rings. The molecule has 0 aliphatic rings. The number of hydrogen-bond acceptors (Lipinski definition) is 5. The van der Waals surface area contributed by atoms with Gasteiger partial charge >= 0.3 is 0 Å². The molecule has 0 aliphatic carbocycles. The highest BCUT2D eigenvalue weighted by Crippen LogP contribution is 2.29. The van der Waals surface area contributed by atoms with Gasteiger partial charge in [0.05, 0.1) is 9.40 Å². The molecule has 0 radical (unpaired) electrons. The van der Waals surface area contributed by atoms with E-state index in [-0.39, 0.29) is 5.69 Å². The van der Waals surface area contributed by atoms with Crippen molar-refractivity contribution in [2.24, 2.45) is 0 Å². The van der Waals surface area contributed by atoms with Crippen molar-refractivity contribution in [3.63, 3.8) is 0 Å². The summed E-state index contributed by atoms with van der Waals surface area (Å²) in [6.45, 7) is 0.